The van der Waals surface area contributed by atoms with Crippen molar-refractivity contribution >= 4 is 27.6 Å². The molecule has 0 saturated carbocycles. The first kappa shape index (κ1) is 23.4. The Morgan fingerprint density at radius 1 is 1.32 bits per heavy atom. The van der Waals surface area contributed by atoms with Crippen molar-refractivity contribution < 1.29 is 18.3 Å². The van der Waals surface area contributed by atoms with E-state index >= 15 is 0 Å². The first-order chi connectivity index (χ1) is 14.8. The summed E-state index contributed by atoms with van der Waals surface area (Å²) in [5, 5.41) is 12.8. The van der Waals surface area contributed by atoms with Gasteiger partial charge in [0.1, 0.15) is 0 Å². The van der Waals surface area contributed by atoms with Crippen LogP contribution in [0.25, 0.3) is 0 Å². The summed E-state index contributed by atoms with van der Waals surface area (Å²) < 4.78 is 28.3. The molecule has 2 atom stereocenters. The Bertz CT molecular complexity index is 1010. The number of hydrogen-bond donors (Lipinski definition) is 3. The minimum atomic E-state index is -3.67. The lowest BCUT2D eigenvalue weighted by atomic mass is 9.88. The van der Waals surface area contributed by atoms with Gasteiger partial charge in [0, 0.05) is 42.0 Å². The highest BCUT2D eigenvalue weighted by Crippen LogP contribution is 2.27. The molecule has 1 aliphatic rings. The maximum absolute atomic E-state index is 12.8. The number of nitrogens with zero attached hydrogens (tertiary/aromatic N) is 1. The molecule has 0 spiro atoms. The van der Waals surface area contributed by atoms with Crippen LogP contribution in [0.4, 0.5) is 0 Å². The van der Waals surface area contributed by atoms with Crippen molar-refractivity contribution in [2.75, 3.05) is 6.54 Å². The summed E-state index contributed by atoms with van der Waals surface area (Å²) >= 11 is 5.86. The molecule has 0 radical (unpaired) electrons. The van der Waals surface area contributed by atoms with E-state index in [2.05, 4.69) is 15.0 Å². The predicted molar refractivity (Wildman–Crippen MR) is 119 cm³/mol. The molecule has 7 nitrogen and oxygen atoms in total. The number of hydrogen-bond acceptors (Lipinski definition) is 5. The van der Waals surface area contributed by atoms with Gasteiger partial charge in [-0.2, -0.15) is 0 Å². The van der Waals surface area contributed by atoms with E-state index in [-0.39, 0.29) is 17.4 Å². The molecule has 0 aliphatic carbocycles. The molecule has 9 heteroatoms. The van der Waals surface area contributed by atoms with E-state index in [1.165, 1.54) is 12.1 Å². The summed E-state index contributed by atoms with van der Waals surface area (Å²) in [6, 6.07) is 9.64. The molecule has 3 N–H and O–H groups in total. The predicted octanol–water partition coefficient (Wildman–Crippen LogP) is 3.17. The number of rotatable bonds is 10. The zero-order valence-electron chi connectivity index (χ0n) is 17.0. The van der Waals surface area contributed by atoms with Gasteiger partial charge in [-0.3, -0.25) is 9.78 Å². The third kappa shape index (κ3) is 6.87. The largest absolute Gasteiger partial charge is 0.481 e. The van der Waals surface area contributed by atoms with Gasteiger partial charge in [0.15, 0.2) is 0 Å². The van der Waals surface area contributed by atoms with Crippen LogP contribution in [0, 0.1) is 0 Å². The average molecular weight is 464 g/mol. The van der Waals surface area contributed by atoms with Crippen LogP contribution in [-0.4, -0.2) is 42.6 Å². The Morgan fingerprint density at radius 2 is 2.10 bits per heavy atom. The first-order valence-corrected chi connectivity index (χ1v) is 12.0. The summed E-state index contributed by atoms with van der Waals surface area (Å²) in [7, 11) is -3.67. The van der Waals surface area contributed by atoms with E-state index in [0.717, 1.165) is 5.56 Å². The van der Waals surface area contributed by atoms with Crippen LogP contribution in [0.5, 0.6) is 0 Å². The molecule has 1 saturated heterocycles. The van der Waals surface area contributed by atoms with E-state index in [9.17, 15) is 13.2 Å². The average Bonchev–Trinajstić information content (AvgIpc) is 3.10. The number of unbranched alkanes of at least 4 members (excludes halogenated alkanes) is 1. The van der Waals surface area contributed by atoms with E-state index in [1.54, 1.807) is 24.5 Å². The molecular formula is C22H26ClN3O4S. The number of carboxylic acid groups (broad SMARTS) is 1. The van der Waals surface area contributed by atoms with Crippen LogP contribution in [0.2, 0.25) is 5.02 Å². The van der Waals surface area contributed by atoms with Gasteiger partial charge >= 0.3 is 5.97 Å². The number of pyridine rings is 1. The smallest absolute Gasteiger partial charge is 0.303 e. The van der Waals surface area contributed by atoms with Crippen LogP contribution < -0.4 is 10.0 Å². The maximum Gasteiger partial charge on any atom is 0.303 e. The number of allylic oxidation sites excluding steroid dienone is 1. The summed E-state index contributed by atoms with van der Waals surface area (Å²) in [5.74, 6) is -0.811. The molecule has 0 unspecified atom stereocenters. The lowest BCUT2D eigenvalue weighted by Crippen LogP contribution is -2.39. The second-order valence-electron chi connectivity index (χ2n) is 7.74. The normalized spacial score (nSPS) is 21.5. The number of aliphatic carboxylic acids is 1. The molecular weight excluding hydrogens is 438 g/mol. The van der Waals surface area contributed by atoms with E-state index in [1.807, 2.05) is 24.3 Å². The van der Waals surface area contributed by atoms with Crippen LogP contribution in [0.1, 0.15) is 31.2 Å². The summed E-state index contributed by atoms with van der Waals surface area (Å²) in [4.78, 5) is 15.1. The number of aromatic nitrogens is 1. The lowest BCUT2D eigenvalue weighted by Gasteiger charge is -2.26. The number of carboxylic acids is 1. The number of halogens is 1. The van der Waals surface area contributed by atoms with Crippen LogP contribution >= 0.6 is 11.6 Å². The molecule has 0 bridgehead atoms. The van der Waals surface area contributed by atoms with Gasteiger partial charge in [-0.1, -0.05) is 29.8 Å². The zero-order valence-corrected chi connectivity index (χ0v) is 18.6. The van der Waals surface area contributed by atoms with Crippen LogP contribution in [0.15, 0.2) is 65.8 Å². The standard InChI is InChI=1S/C22H26ClN3O4S/c23-18-7-9-20(10-8-18)31(29,30)26-19-14-22(25-16-19,11-3-1-2-6-21(27)28)13-17-5-4-12-24-15-17/h3-5,7-12,15,19,25-26H,1-2,6,13-14,16H2,(H,27,28)/b11-3-/t19-,22+/m1/s1. The van der Waals surface area contributed by atoms with Gasteiger partial charge in [-0.25, -0.2) is 13.1 Å². The Kier molecular flexibility index (Phi) is 7.83. The first-order valence-electron chi connectivity index (χ1n) is 10.1. The molecule has 1 aromatic carbocycles. The van der Waals surface area contributed by atoms with Crippen molar-refractivity contribution in [2.24, 2.45) is 0 Å². The maximum atomic E-state index is 12.8. The third-order valence-electron chi connectivity index (χ3n) is 5.20. The minimum Gasteiger partial charge on any atom is -0.481 e. The van der Waals surface area contributed by atoms with Crippen molar-refractivity contribution in [3.05, 3.63) is 71.5 Å². The fraction of sp³-hybridized carbons (Fsp3) is 0.364. The van der Waals surface area contributed by atoms with Crippen LogP contribution in [0.3, 0.4) is 0 Å². The number of nitrogens with one attached hydrogen (secondary N) is 2. The SMILES string of the molecule is O=C(O)CCC/C=C\[C@]1(Cc2cccnc2)C[C@@H](NS(=O)(=O)c2ccc(Cl)cc2)CN1. The summed E-state index contributed by atoms with van der Waals surface area (Å²) in [5.41, 5.74) is 0.589. The minimum absolute atomic E-state index is 0.122. The second kappa shape index (κ2) is 10.4. The molecule has 2 aromatic rings. The fourth-order valence-corrected chi connectivity index (χ4v) is 5.12. The number of sulfonamides is 1. The Morgan fingerprint density at radius 3 is 2.77 bits per heavy atom. The highest BCUT2D eigenvalue weighted by molar-refractivity contribution is 7.89. The zero-order chi connectivity index (χ0) is 22.3. The van der Waals surface area contributed by atoms with Gasteiger partial charge in [0.05, 0.1) is 4.90 Å². The van der Waals surface area contributed by atoms with Gasteiger partial charge < -0.3 is 10.4 Å². The molecule has 1 aromatic heterocycles. The van der Waals surface area contributed by atoms with E-state index < -0.39 is 21.5 Å². The monoisotopic (exact) mass is 463 g/mol. The Labute approximate surface area is 187 Å². The quantitative estimate of drug-likeness (QED) is 0.369. The Balaban J connectivity index is 1.71. The molecule has 3 rings (SSSR count). The highest BCUT2D eigenvalue weighted by Gasteiger charge is 2.38. The highest BCUT2D eigenvalue weighted by atomic mass is 35.5. The second-order valence-corrected chi connectivity index (χ2v) is 9.89. The molecule has 2 heterocycles. The van der Waals surface area contributed by atoms with Gasteiger partial charge in [0.25, 0.3) is 0 Å². The van der Waals surface area contributed by atoms with Gasteiger partial charge in [-0.05, 0) is 61.6 Å². The summed E-state index contributed by atoms with van der Waals surface area (Å²) in [6.45, 7) is 0.479. The van der Waals surface area contributed by atoms with Gasteiger partial charge in [-0.15, -0.1) is 0 Å². The molecule has 1 fully saturated rings. The van der Waals surface area contributed by atoms with E-state index in [0.29, 0.717) is 37.3 Å². The third-order valence-corrected chi connectivity index (χ3v) is 6.99. The number of carbonyl (C=O) groups is 1. The molecule has 1 aliphatic heterocycles. The molecule has 166 valence electrons. The van der Waals surface area contributed by atoms with E-state index in [4.69, 9.17) is 16.7 Å². The van der Waals surface area contributed by atoms with Crippen molar-refractivity contribution in [2.45, 2.75) is 48.6 Å². The molecule has 0 amide bonds. The number of benzene rings is 1. The molecule has 31 heavy (non-hydrogen) atoms. The summed E-state index contributed by atoms with van der Waals surface area (Å²) in [6.07, 6.45) is 10.1. The lowest BCUT2D eigenvalue weighted by molar-refractivity contribution is -0.137. The van der Waals surface area contributed by atoms with Crippen molar-refractivity contribution in [3.63, 3.8) is 0 Å². The van der Waals surface area contributed by atoms with Gasteiger partial charge in [0.2, 0.25) is 10.0 Å². The van der Waals surface area contributed by atoms with Crippen molar-refractivity contribution in [3.8, 4) is 0 Å². The fourth-order valence-electron chi connectivity index (χ4n) is 3.76. The Hall–Kier alpha value is -2.26. The van der Waals surface area contributed by atoms with Crippen LogP contribution in [-0.2, 0) is 21.2 Å². The van der Waals surface area contributed by atoms with Crippen molar-refractivity contribution in [1.82, 2.24) is 15.0 Å². The van der Waals surface area contributed by atoms with Crippen molar-refractivity contribution in [1.29, 1.82) is 0 Å². The topological polar surface area (TPSA) is 108 Å².